The van der Waals surface area contributed by atoms with Crippen LogP contribution in [0, 0.1) is 5.82 Å². The first-order valence-corrected chi connectivity index (χ1v) is 8.13. The molecule has 0 amide bonds. The van der Waals surface area contributed by atoms with Crippen LogP contribution in [0.25, 0.3) is 0 Å². The van der Waals surface area contributed by atoms with E-state index >= 15 is 0 Å². The molecule has 1 aliphatic carbocycles. The van der Waals surface area contributed by atoms with Crippen molar-refractivity contribution in [1.82, 2.24) is 0 Å². The molecule has 0 aliphatic heterocycles. The molecule has 0 unspecified atom stereocenters. The van der Waals surface area contributed by atoms with Gasteiger partial charge in [-0.1, -0.05) is 18.2 Å². The number of anilines is 1. The lowest BCUT2D eigenvalue weighted by molar-refractivity contribution is 0.373. The summed E-state index contributed by atoms with van der Waals surface area (Å²) in [7, 11) is 0. The van der Waals surface area contributed by atoms with Crippen LogP contribution in [-0.2, 0) is 0 Å². The van der Waals surface area contributed by atoms with Crippen LogP contribution in [-0.4, -0.2) is 12.3 Å². The average Bonchev–Trinajstić information content (AvgIpc) is 2.42. The Balaban J connectivity index is 1.58. The second kappa shape index (κ2) is 5.88. The first-order valence-electron chi connectivity index (χ1n) is 6.90. The Kier molecular flexibility index (Phi) is 3.97. The minimum atomic E-state index is -0.133. The quantitative estimate of drug-likeness (QED) is 0.802. The highest BCUT2D eigenvalue weighted by Crippen LogP contribution is 2.38. The molecule has 3 heteroatoms. The lowest BCUT2D eigenvalue weighted by Gasteiger charge is -2.37. The summed E-state index contributed by atoms with van der Waals surface area (Å²) < 4.78 is 13.2. The van der Waals surface area contributed by atoms with Crippen molar-refractivity contribution in [2.75, 3.05) is 11.6 Å². The van der Waals surface area contributed by atoms with Gasteiger partial charge in [-0.15, -0.1) is 11.8 Å². The third-order valence-electron chi connectivity index (χ3n) is 3.90. The van der Waals surface area contributed by atoms with E-state index in [9.17, 15) is 4.39 Å². The molecular weight excluding hydrogens is 269 g/mol. The molecule has 0 bridgehead atoms. The normalized spacial score (nSPS) is 21.3. The van der Waals surface area contributed by atoms with Crippen LogP contribution in [0.1, 0.15) is 24.3 Å². The van der Waals surface area contributed by atoms with Crippen molar-refractivity contribution in [3.05, 3.63) is 59.9 Å². The van der Waals surface area contributed by atoms with Gasteiger partial charge >= 0.3 is 0 Å². The molecule has 104 valence electrons. The third-order valence-corrected chi connectivity index (χ3v) is 4.62. The number of halogens is 1. The van der Waals surface area contributed by atoms with Gasteiger partial charge in [-0.3, -0.25) is 0 Å². The van der Waals surface area contributed by atoms with Crippen molar-refractivity contribution in [2.24, 2.45) is 0 Å². The van der Waals surface area contributed by atoms with Crippen molar-refractivity contribution in [1.29, 1.82) is 0 Å². The van der Waals surface area contributed by atoms with Gasteiger partial charge in [0.25, 0.3) is 0 Å². The number of thioether (sulfide) groups is 1. The minimum absolute atomic E-state index is 0.133. The highest BCUT2D eigenvalue weighted by molar-refractivity contribution is 7.98. The maximum absolute atomic E-state index is 13.2. The van der Waals surface area contributed by atoms with Crippen LogP contribution >= 0.6 is 11.8 Å². The highest BCUT2D eigenvalue weighted by Gasteiger charge is 2.30. The van der Waals surface area contributed by atoms with E-state index in [2.05, 4.69) is 35.8 Å². The van der Waals surface area contributed by atoms with Crippen molar-refractivity contribution >= 4 is 17.4 Å². The van der Waals surface area contributed by atoms with Crippen LogP contribution in [0.4, 0.5) is 10.1 Å². The lowest BCUT2D eigenvalue weighted by Crippen LogP contribution is -2.34. The molecule has 1 saturated carbocycles. The van der Waals surface area contributed by atoms with Gasteiger partial charge < -0.3 is 5.32 Å². The fraction of sp³-hybridized carbons (Fsp3) is 0.294. The molecule has 0 saturated heterocycles. The van der Waals surface area contributed by atoms with Crippen LogP contribution in [0.3, 0.4) is 0 Å². The summed E-state index contributed by atoms with van der Waals surface area (Å²) in [6.07, 6.45) is 4.24. The van der Waals surface area contributed by atoms with Gasteiger partial charge in [0.2, 0.25) is 0 Å². The largest absolute Gasteiger partial charge is 0.382 e. The number of hydrogen-bond acceptors (Lipinski definition) is 2. The molecule has 2 aromatic carbocycles. The number of benzene rings is 2. The molecule has 3 rings (SSSR count). The highest BCUT2D eigenvalue weighted by atomic mass is 32.2. The molecule has 0 aromatic heterocycles. The zero-order chi connectivity index (χ0) is 13.9. The Morgan fingerprint density at radius 3 is 2.65 bits per heavy atom. The van der Waals surface area contributed by atoms with Crippen molar-refractivity contribution < 1.29 is 4.39 Å². The lowest BCUT2D eigenvalue weighted by atomic mass is 9.76. The SMILES string of the molecule is CSc1cccc(NC2CC(c3cccc(F)c3)C2)c1. The van der Waals surface area contributed by atoms with Gasteiger partial charge in [0.15, 0.2) is 0 Å². The van der Waals surface area contributed by atoms with Gasteiger partial charge in [-0.2, -0.15) is 0 Å². The molecule has 1 nitrogen and oxygen atoms in total. The van der Waals surface area contributed by atoms with Crippen molar-refractivity contribution in [3.8, 4) is 0 Å². The van der Waals surface area contributed by atoms with E-state index in [0.29, 0.717) is 12.0 Å². The average molecular weight is 287 g/mol. The van der Waals surface area contributed by atoms with E-state index in [1.807, 2.05) is 6.07 Å². The first kappa shape index (κ1) is 13.5. The van der Waals surface area contributed by atoms with Crippen LogP contribution in [0.5, 0.6) is 0 Å². The number of rotatable bonds is 4. The second-order valence-electron chi connectivity index (χ2n) is 5.30. The molecule has 2 aromatic rings. The molecule has 0 heterocycles. The van der Waals surface area contributed by atoms with Gasteiger partial charge in [-0.05, 0) is 60.9 Å². The van der Waals surface area contributed by atoms with E-state index in [-0.39, 0.29) is 5.82 Å². The van der Waals surface area contributed by atoms with E-state index in [1.54, 1.807) is 23.9 Å². The fourth-order valence-electron chi connectivity index (χ4n) is 2.72. The van der Waals surface area contributed by atoms with Crippen LogP contribution < -0.4 is 5.32 Å². The van der Waals surface area contributed by atoms with E-state index in [4.69, 9.17) is 0 Å². The summed E-state index contributed by atoms with van der Waals surface area (Å²) in [5, 5.41) is 3.56. The van der Waals surface area contributed by atoms with E-state index < -0.39 is 0 Å². The third kappa shape index (κ3) is 2.98. The van der Waals surface area contributed by atoms with Gasteiger partial charge in [0.05, 0.1) is 0 Å². The van der Waals surface area contributed by atoms with Crippen molar-refractivity contribution in [2.45, 2.75) is 29.7 Å². The summed E-state index contributed by atoms with van der Waals surface area (Å²) in [6, 6.07) is 16.0. The molecule has 1 aliphatic rings. The van der Waals surface area contributed by atoms with Gasteiger partial charge in [-0.25, -0.2) is 4.39 Å². The summed E-state index contributed by atoms with van der Waals surface area (Å²) >= 11 is 1.75. The summed E-state index contributed by atoms with van der Waals surface area (Å²) in [4.78, 5) is 1.27. The van der Waals surface area contributed by atoms with E-state index in [1.165, 1.54) is 16.6 Å². The molecular formula is C17H18FNS. The maximum Gasteiger partial charge on any atom is 0.123 e. The Bertz CT molecular complexity index is 593. The molecule has 20 heavy (non-hydrogen) atoms. The zero-order valence-electron chi connectivity index (χ0n) is 11.5. The molecule has 0 spiro atoms. The number of nitrogens with one attached hydrogen (secondary N) is 1. The smallest absolute Gasteiger partial charge is 0.123 e. The van der Waals surface area contributed by atoms with Gasteiger partial charge in [0.1, 0.15) is 5.82 Å². The monoisotopic (exact) mass is 287 g/mol. The minimum Gasteiger partial charge on any atom is -0.382 e. The zero-order valence-corrected chi connectivity index (χ0v) is 12.3. The van der Waals surface area contributed by atoms with Crippen LogP contribution in [0.15, 0.2) is 53.4 Å². The summed E-state index contributed by atoms with van der Waals surface area (Å²) in [5.41, 5.74) is 2.31. The predicted molar refractivity (Wildman–Crippen MR) is 84.0 cm³/mol. The summed E-state index contributed by atoms with van der Waals surface area (Å²) in [6.45, 7) is 0. The topological polar surface area (TPSA) is 12.0 Å². The van der Waals surface area contributed by atoms with Crippen LogP contribution in [0.2, 0.25) is 0 Å². The Morgan fingerprint density at radius 1 is 1.10 bits per heavy atom. The molecule has 0 radical (unpaired) electrons. The number of hydrogen-bond donors (Lipinski definition) is 1. The molecule has 1 fully saturated rings. The van der Waals surface area contributed by atoms with E-state index in [0.717, 1.165) is 18.4 Å². The summed E-state index contributed by atoms with van der Waals surface area (Å²) in [5.74, 6) is 0.360. The second-order valence-corrected chi connectivity index (χ2v) is 6.18. The maximum atomic E-state index is 13.2. The Labute approximate surface area is 123 Å². The molecule has 0 atom stereocenters. The van der Waals surface area contributed by atoms with Gasteiger partial charge in [0, 0.05) is 16.6 Å². The molecule has 1 N–H and O–H groups in total. The first-order chi connectivity index (χ1) is 9.74. The Hall–Kier alpha value is -1.48. The van der Waals surface area contributed by atoms with Crippen molar-refractivity contribution in [3.63, 3.8) is 0 Å². The fourth-order valence-corrected chi connectivity index (χ4v) is 3.18. The standard InChI is InChI=1S/C17H18FNS/c1-20-17-7-3-6-15(11-17)19-16-9-13(10-16)12-4-2-5-14(18)8-12/h2-8,11,13,16,19H,9-10H2,1H3. The predicted octanol–water partition coefficient (Wildman–Crippen LogP) is 4.91. The Morgan fingerprint density at radius 2 is 1.90 bits per heavy atom.